The van der Waals surface area contributed by atoms with Crippen LogP contribution in [-0.4, -0.2) is 5.84 Å². The molecule has 2 N–H and O–H groups in total. The van der Waals surface area contributed by atoms with Crippen LogP contribution in [0.15, 0.2) is 27.7 Å². The maximum atomic E-state index is 5.82. The minimum absolute atomic E-state index is 0.498. The van der Waals surface area contributed by atoms with E-state index in [9.17, 15) is 0 Å². The molecule has 2 nitrogen and oxygen atoms in total. The summed E-state index contributed by atoms with van der Waals surface area (Å²) in [6, 6.07) is 5.49. The van der Waals surface area contributed by atoms with E-state index < -0.39 is 0 Å². The monoisotopic (exact) mass is 272 g/mol. The van der Waals surface area contributed by atoms with Crippen LogP contribution in [0, 0.1) is 5.92 Å². The summed E-state index contributed by atoms with van der Waals surface area (Å²) < 4.78 is 0.883. The molecular formula is C10H10BrClN2. The Kier molecular flexibility index (Phi) is 2.79. The summed E-state index contributed by atoms with van der Waals surface area (Å²) in [5.74, 6) is 1.23. The Morgan fingerprint density at radius 2 is 2.21 bits per heavy atom. The normalized spacial score (nSPS) is 17.1. The Hall–Kier alpha value is -0.540. The van der Waals surface area contributed by atoms with Crippen LogP contribution in [0.3, 0.4) is 0 Å². The molecule has 0 atom stereocenters. The van der Waals surface area contributed by atoms with Crippen molar-refractivity contribution in [3.05, 3.63) is 27.7 Å². The summed E-state index contributed by atoms with van der Waals surface area (Å²) in [6.07, 6.45) is 2.33. The van der Waals surface area contributed by atoms with Crippen molar-refractivity contribution in [2.75, 3.05) is 0 Å². The topological polar surface area (TPSA) is 38.4 Å². The molecule has 1 aliphatic rings. The average molecular weight is 274 g/mol. The van der Waals surface area contributed by atoms with Gasteiger partial charge in [-0.05, 0) is 47.0 Å². The third-order valence-corrected chi connectivity index (χ3v) is 3.03. The predicted octanol–water partition coefficient (Wildman–Crippen LogP) is 3.50. The Labute approximate surface area is 96.3 Å². The maximum absolute atomic E-state index is 5.82. The molecule has 0 amide bonds. The van der Waals surface area contributed by atoms with Gasteiger partial charge in [-0.3, -0.25) is 0 Å². The van der Waals surface area contributed by atoms with Crippen molar-refractivity contribution in [1.82, 2.24) is 0 Å². The van der Waals surface area contributed by atoms with Crippen LogP contribution in [0.1, 0.15) is 12.8 Å². The zero-order chi connectivity index (χ0) is 10.1. The second-order valence-corrected chi connectivity index (χ2v) is 4.70. The molecule has 14 heavy (non-hydrogen) atoms. The Balaban J connectivity index is 2.27. The van der Waals surface area contributed by atoms with Crippen molar-refractivity contribution in [2.24, 2.45) is 16.6 Å². The van der Waals surface area contributed by atoms with E-state index in [1.165, 1.54) is 12.8 Å². The van der Waals surface area contributed by atoms with Gasteiger partial charge in [-0.15, -0.1) is 0 Å². The first-order valence-corrected chi connectivity index (χ1v) is 5.63. The van der Waals surface area contributed by atoms with E-state index in [0.29, 0.717) is 10.9 Å². The van der Waals surface area contributed by atoms with Gasteiger partial charge in [0.25, 0.3) is 0 Å². The predicted molar refractivity (Wildman–Crippen MR) is 63.2 cm³/mol. The van der Waals surface area contributed by atoms with E-state index >= 15 is 0 Å². The molecule has 0 unspecified atom stereocenters. The van der Waals surface area contributed by atoms with E-state index in [0.717, 1.165) is 16.0 Å². The first-order valence-electron chi connectivity index (χ1n) is 4.46. The molecule has 4 heteroatoms. The SMILES string of the molecule is NC(=Nc1ccc(Cl)cc1Br)C1CC1. The number of halogens is 2. The number of hydrogen-bond acceptors (Lipinski definition) is 1. The molecular weight excluding hydrogens is 263 g/mol. The lowest BCUT2D eigenvalue weighted by Crippen LogP contribution is -2.13. The van der Waals surface area contributed by atoms with Crippen LogP contribution in [0.2, 0.25) is 5.02 Å². The van der Waals surface area contributed by atoms with Crippen molar-refractivity contribution in [3.63, 3.8) is 0 Å². The molecule has 0 radical (unpaired) electrons. The van der Waals surface area contributed by atoms with Gasteiger partial charge >= 0.3 is 0 Å². The smallest absolute Gasteiger partial charge is 0.103 e. The van der Waals surface area contributed by atoms with Crippen molar-refractivity contribution in [3.8, 4) is 0 Å². The highest BCUT2D eigenvalue weighted by molar-refractivity contribution is 9.10. The number of aliphatic imine (C=N–C) groups is 1. The summed E-state index contributed by atoms with van der Waals surface area (Å²) in [5.41, 5.74) is 6.66. The third kappa shape index (κ3) is 2.28. The number of benzene rings is 1. The fraction of sp³-hybridized carbons (Fsp3) is 0.300. The van der Waals surface area contributed by atoms with Gasteiger partial charge in [0.05, 0.1) is 5.69 Å². The molecule has 1 fully saturated rings. The lowest BCUT2D eigenvalue weighted by atomic mass is 10.3. The fourth-order valence-electron chi connectivity index (χ4n) is 1.18. The zero-order valence-electron chi connectivity index (χ0n) is 7.50. The molecule has 1 aromatic carbocycles. The van der Waals surface area contributed by atoms with E-state index in [4.69, 9.17) is 17.3 Å². The van der Waals surface area contributed by atoms with Gasteiger partial charge in [0, 0.05) is 15.4 Å². The van der Waals surface area contributed by atoms with Gasteiger partial charge in [0.15, 0.2) is 0 Å². The van der Waals surface area contributed by atoms with E-state index in [1.807, 2.05) is 18.2 Å². The molecule has 0 aliphatic heterocycles. The Morgan fingerprint density at radius 1 is 1.50 bits per heavy atom. The largest absolute Gasteiger partial charge is 0.387 e. The third-order valence-electron chi connectivity index (χ3n) is 2.15. The number of rotatable bonds is 2. The number of nitrogens with two attached hydrogens (primary N) is 1. The summed E-state index contributed by atoms with van der Waals surface area (Å²) in [5, 5.41) is 0.695. The van der Waals surface area contributed by atoms with Gasteiger partial charge in [0.1, 0.15) is 5.84 Å². The molecule has 0 saturated heterocycles. The van der Waals surface area contributed by atoms with Gasteiger partial charge in [0.2, 0.25) is 0 Å². The fourth-order valence-corrected chi connectivity index (χ4v) is 1.95. The van der Waals surface area contributed by atoms with Crippen LogP contribution in [-0.2, 0) is 0 Å². The molecule has 0 heterocycles. The van der Waals surface area contributed by atoms with Gasteiger partial charge in [-0.1, -0.05) is 11.6 Å². The summed E-state index contributed by atoms with van der Waals surface area (Å²) in [4.78, 5) is 4.35. The number of hydrogen-bond donors (Lipinski definition) is 1. The molecule has 1 aliphatic carbocycles. The molecule has 1 aromatic rings. The van der Waals surface area contributed by atoms with Crippen molar-refractivity contribution in [2.45, 2.75) is 12.8 Å². The van der Waals surface area contributed by atoms with Gasteiger partial charge in [-0.25, -0.2) is 4.99 Å². The second kappa shape index (κ2) is 3.91. The van der Waals surface area contributed by atoms with Crippen LogP contribution in [0.4, 0.5) is 5.69 Å². The molecule has 2 rings (SSSR count). The minimum Gasteiger partial charge on any atom is -0.387 e. The van der Waals surface area contributed by atoms with Crippen LogP contribution in [0.25, 0.3) is 0 Å². The van der Waals surface area contributed by atoms with Crippen LogP contribution < -0.4 is 5.73 Å². The molecule has 1 saturated carbocycles. The highest BCUT2D eigenvalue weighted by Crippen LogP contribution is 2.33. The highest BCUT2D eigenvalue weighted by Gasteiger charge is 2.25. The van der Waals surface area contributed by atoms with Crippen molar-refractivity contribution >= 4 is 39.1 Å². The first kappa shape index (κ1) is 9.99. The average Bonchev–Trinajstić information content (AvgIpc) is 2.92. The van der Waals surface area contributed by atoms with Crippen LogP contribution in [0.5, 0.6) is 0 Å². The summed E-state index contributed by atoms with van der Waals surface area (Å²) >= 11 is 9.22. The molecule has 0 bridgehead atoms. The lowest BCUT2D eigenvalue weighted by Gasteiger charge is -2.01. The Morgan fingerprint density at radius 3 is 2.79 bits per heavy atom. The lowest BCUT2D eigenvalue weighted by molar-refractivity contribution is 1.15. The second-order valence-electron chi connectivity index (χ2n) is 3.41. The van der Waals surface area contributed by atoms with Gasteiger partial charge < -0.3 is 5.73 Å². The van der Waals surface area contributed by atoms with E-state index in [1.54, 1.807) is 0 Å². The highest BCUT2D eigenvalue weighted by atomic mass is 79.9. The molecule has 74 valence electrons. The molecule has 0 spiro atoms. The quantitative estimate of drug-likeness (QED) is 0.650. The van der Waals surface area contributed by atoms with Gasteiger partial charge in [-0.2, -0.15) is 0 Å². The van der Waals surface area contributed by atoms with E-state index in [-0.39, 0.29) is 0 Å². The minimum atomic E-state index is 0.498. The summed E-state index contributed by atoms with van der Waals surface area (Å²) in [6.45, 7) is 0. The van der Waals surface area contributed by atoms with E-state index in [2.05, 4.69) is 20.9 Å². The number of amidine groups is 1. The summed E-state index contributed by atoms with van der Waals surface area (Å²) in [7, 11) is 0. The Bertz CT molecular complexity index is 386. The molecule has 0 aromatic heterocycles. The van der Waals surface area contributed by atoms with Crippen LogP contribution >= 0.6 is 27.5 Å². The van der Waals surface area contributed by atoms with Crippen molar-refractivity contribution in [1.29, 1.82) is 0 Å². The van der Waals surface area contributed by atoms with Crippen molar-refractivity contribution < 1.29 is 0 Å². The standard InChI is InChI=1S/C10H10BrClN2/c11-8-5-7(12)3-4-9(8)14-10(13)6-1-2-6/h3-6H,1-2H2,(H2,13,14). The zero-order valence-corrected chi connectivity index (χ0v) is 9.85. The first-order chi connectivity index (χ1) is 6.66. The maximum Gasteiger partial charge on any atom is 0.103 e. The number of nitrogens with zero attached hydrogens (tertiary/aromatic N) is 1.